The van der Waals surface area contributed by atoms with Crippen LogP contribution in [0.25, 0.3) is 0 Å². The smallest absolute Gasteiger partial charge is 0.425 e. The molecule has 0 amide bonds. The Morgan fingerprint density at radius 2 is 1.18 bits per heavy atom. The summed E-state index contributed by atoms with van der Waals surface area (Å²) in [5.41, 5.74) is -1.45. The van der Waals surface area contributed by atoms with Gasteiger partial charge in [0.25, 0.3) is 12.1 Å². The number of alkyl halides is 11. The van der Waals surface area contributed by atoms with E-state index in [1.54, 1.807) is 0 Å². The zero-order valence-electron chi connectivity index (χ0n) is 16.4. The Hall–Kier alpha value is -2.43. The average Bonchev–Trinajstić information content (AvgIpc) is 2.59. The number of aliphatic hydroxyl groups is 2. The van der Waals surface area contributed by atoms with Crippen molar-refractivity contribution in [2.75, 3.05) is 0 Å². The number of esters is 2. The Bertz CT molecular complexity index is 805. The van der Waals surface area contributed by atoms with E-state index in [4.69, 9.17) is 0 Å². The van der Waals surface area contributed by atoms with Gasteiger partial charge in [-0.05, 0) is 13.8 Å². The molecule has 0 radical (unpaired) electrons. The quantitative estimate of drug-likeness (QED) is 0.201. The minimum Gasteiger partial charge on any atom is -0.425 e. The molecule has 2 atom stereocenters. The minimum absolute atomic E-state index is 0.643. The number of rotatable bonds is 10. The van der Waals surface area contributed by atoms with Crippen molar-refractivity contribution >= 4 is 11.9 Å². The van der Waals surface area contributed by atoms with Crippen LogP contribution in [-0.2, 0) is 19.1 Å². The fourth-order valence-electron chi connectivity index (χ4n) is 1.75. The fraction of sp³-hybridized carbons (Fsp3) is 0.625. The van der Waals surface area contributed by atoms with Gasteiger partial charge in [0.1, 0.15) is 0 Å². The van der Waals surface area contributed by atoms with E-state index in [0.717, 1.165) is 13.8 Å². The van der Waals surface area contributed by atoms with E-state index in [0.29, 0.717) is 0 Å². The summed E-state index contributed by atoms with van der Waals surface area (Å²) < 4.78 is 152. The first-order valence-electron chi connectivity index (χ1n) is 8.02. The van der Waals surface area contributed by atoms with Crippen LogP contribution >= 0.6 is 0 Å². The zero-order valence-corrected chi connectivity index (χ0v) is 16.4. The number of hydrogen-bond donors (Lipinski definition) is 2. The van der Waals surface area contributed by atoms with Crippen LogP contribution in [0.2, 0.25) is 0 Å². The molecule has 33 heavy (non-hydrogen) atoms. The van der Waals surface area contributed by atoms with Crippen LogP contribution in [0.15, 0.2) is 24.3 Å². The molecule has 0 aromatic carbocycles. The van der Waals surface area contributed by atoms with Crippen LogP contribution in [0.3, 0.4) is 0 Å². The van der Waals surface area contributed by atoms with E-state index in [1.807, 2.05) is 0 Å². The molecule has 0 aromatic heterocycles. The molecular weight excluding hydrogens is 497 g/mol. The molecule has 0 heterocycles. The Kier molecular flexibility index (Phi) is 8.41. The van der Waals surface area contributed by atoms with Gasteiger partial charge >= 0.3 is 41.8 Å². The molecule has 0 spiro atoms. The maximum absolute atomic E-state index is 14.0. The van der Waals surface area contributed by atoms with Gasteiger partial charge in [0.2, 0.25) is 0 Å². The first-order chi connectivity index (χ1) is 14.3. The van der Waals surface area contributed by atoms with Gasteiger partial charge in [-0.25, -0.2) is 9.59 Å². The van der Waals surface area contributed by atoms with Crippen molar-refractivity contribution in [3.8, 4) is 0 Å². The molecule has 0 saturated carbocycles. The molecule has 0 aromatic rings. The van der Waals surface area contributed by atoms with Gasteiger partial charge in [0.15, 0.2) is 0 Å². The summed E-state index contributed by atoms with van der Waals surface area (Å²) in [6.45, 7) is 7.40. The largest absolute Gasteiger partial charge is 0.460 e. The highest BCUT2D eigenvalue weighted by molar-refractivity contribution is 5.88. The van der Waals surface area contributed by atoms with E-state index in [2.05, 4.69) is 22.6 Å². The number of ether oxygens (including phenoxy) is 2. The Labute approximate surface area is 177 Å². The van der Waals surface area contributed by atoms with Gasteiger partial charge in [-0.15, -0.1) is 0 Å². The van der Waals surface area contributed by atoms with Crippen LogP contribution in [0, 0.1) is 0 Å². The molecule has 0 bridgehead atoms. The van der Waals surface area contributed by atoms with Crippen LogP contribution in [0.1, 0.15) is 20.3 Å². The molecule has 0 saturated heterocycles. The summed E-state index contributed by atoms with van der Waals surface area (Å²) in [7, 11) is 0. The van der Waals surface area contributed by atoms with Crippen LogP contribution < -0.4 is 0 Å². The predicted molar refractivity (Wildman–Crippen MR) is 83.2 cm³/mol. The van der Waals surface area contributed by atoms with Crippen molar-refractivity contribution in [1.82, 2.24) is 0 Å². The lowest BCUT2D eigenvalue weighted by Gasteiger charge is -2.40. The maximum Gasteiger partial charge on any atom is 0.460 e. The van der Waals surface area contributed by atoms with E-state index < -0.39 is 71.4 Å². The first kappa shape index (κ1) is 30.6. The number of halogens is 11. The topological polar surface area (TPSA) is 93.1 Å². The fourth-order valence-corrected chi connectivity index (χ4v) is 1.75. The molecule has 2 N–H and O–H groups in total. The van der Waals surface area contributed by atoms with E-state index in [9.17, 15) is 68.1 Å². The standard InChI is InChI=1S/C16H15F11O6/c1-6(2)8(28)32-10(30)11(31,33-9(29)7(3)4)5-12(17,18)13(19,20)14(21,22)15(23,24)16(25,26)27/h10,30-31H,1,3,5H2,2,4H3. The number of hydrogen-bond acceptors (Lipinski definition) is 6. The van der Waals surface area contributed by atoms with Crippen molar-refractivity contribution in [3.63, 3.8) is 0 Å². The summed E-state index contributed by atoms with van der Waals surface area (Å²) in [4.78, 5) is 22.9. The molecule has 0 aliphatic heterocycles. The Morgan fingerprint density at radius 1 is 0.788 bits per heavy atom. The minimum atomic E-state index is -7.83. The Morgan fingerprint density at radius 3 is 1.52 bits per heavy atom. The number of aliphatic hydroxyl groups excluding tert-OH is 1. The van der Waals surface area contributed by atoms with Crippen molar-refractivity contribution in [3.05, 3.63) is 24.3 Å². The monoisotopic (exact) mass is 512 g/mol. The highest BCUT2D eigenvalue weighted by atomic mass is 19.4. The van der Waals surface area contributed by atoms with Crippen molar-refractivity contribution in [2.24, 2.45) is 0 Å². The highest BCUT2D eigenvalue weighted by Gasteiger charge is 2.87. The van der Waals surface area contributed by atoms with Crippen molar-refractivity contribution in [1.29, 1.82) is 0 Å². The van der Waals surface area contributed by atoms with Gasteiger partial charge < -0.3 is 19.7 Å². The molecule has 0 aliphatic carbocycles. The van der Waals surface area contributed by atoms with Gasteiger partial charge in [0.05, 0.1) is 6.42 Å². The molecule has 2 unspecified atom stereocenters. The first-order valence-corrected chi connectivity index (χ1v) is 8.02. The Balaban J connectivity index is 6.50. The second-order valence-electron chi connectivity index (χ2n) is 6.65. The molecule has 0 aliphatic rings. The van der Waals surface area contributed by atoms with Crippen LogP contribution in [0.5, 0.6) is 0 Å². The number of carbonyl (C=O) groups is 2. The van der Waals surface area contributed by atoms with Gasteiger partial charge in [0, 0.05) is 11.1 Å². The van der Waals surface area contributed by atoms with E-state index in [1.165, 1.54) is 0 Å². The predicted octanol–water partition coefficient (Wildman–Crippen LogP) is 3.73. The van der Waals surface area contributed by atoms with Gasteiger partial charge in [-0.1, -0.05) is 13.2 Å². The van der Waals surface area contributed by atoms with Crippen molar-refractivity contribution in [2.45, 2.75) is 62.2 Å². The lowest BCUT2D eigenvalue weighted by Crippen LogP contribution is -2.68. The molecule has 17 heteroatoms. The van der Waals surface area contributed by atoms with Crippen molar-refractivity contribution < 1.29 is 77.6 Å². The third-order valence-corrected chi connectivity index (χ3v) is 3.65. The highest BCUT2D eigenvalue weighted by Crippen LogP contribution is 2.58. The SMILES string of the molecule is C=C(C)C(=O)OC(O)C(O)(CC(F)(F)C(F)(F)C(F)(F)C(F)(F)C(F)(F)F)OC(=O)C(=C)C. The second-order valence-corrected chi connectivity index (χ2v) is 6.65. The molecule has 6 nitrogen and oxygen atoms in total. The zero-order chi connectivity index (χ0) is 27.0. The van der Waals surface area contributed by atoms with E-state index in [-0.39, 0.29) is 0 Å². The normalized spacial score (nSPS) is 16.5. The number of carbonyl (C=O) groups excluding carboxylic acids is 2. The summed E-state index contributed by atoms with van der Waals surface area (Å²) >= 11 is 0. The second kappa shape index (κ2) is 9.08. The third kappa shape index (κ3) is 5.74. The lowest BCUT2D eigenvalue weighted by atomic mass is 9.93. The summed E-state index contributed by atoms with van der Waals surface area (Å²) in [5.74, 6) is -38.2. The summed E-state index contributed by atoms with van der Waals surface area (Å²) in [5, 5.41) is 19.6. The maximum atomic E-state index is 14.0. The van der Waals surface area contributed by atoms with Gasteiger partial charge in [-0.2, -0.15) is 48.3 Å². The van der Waals surface area contributed by atoms with Gasteiger partial charge in [-0.3, -0.25) is 0 Å². The lowest BCUT2D eigenvalue weighted by molar-refractivity contribution is -0.430. The van der Waals surface area contributed by atoms with E-state index >= 15 is 0 Å². The van der Waals surface area contributed by atoms with Crippen LogP contribution in [-0.4, -0.2) is 64.1 Å². The average molecular weight is 512 g/mol. The summed E-state index contributed by atoms with van der Waals surface area (Å²) in [6.07, 6.45) is -14.5. The molecular formula is C16H15F11O6. The third-order valence-electron chi connectivity index (χ3n) is 3.65. The molecule has 192 valence electrons. The van der Waals surface area contributed by atoms with Crippen LogP contribution in [0.4, 0.5) is 48.3 Å². The summed E-state index contributed by atoms with van der Waals surface area (Å²) in [6, 6.07) is 0. The molecule has 0 rings (SSSR count). The molecule has 0 fully saturated rings.